The van der Waals surface area contributed by atoms with Crippen LogP contribution < -0.4 is 9.47 Å². The van der Waals surface area contributed by atoms with Gasteiger partial charge in [-0.25, -0.2) is 0 Å². The molecule has 0 saturated carbocycles. The summed E-state index contributed by atoms with van der Waals surface area (Å²) in [5.41, 5.74) is 4.03. The summed E-state index contributed by atoms with van der Waals surface area (Å²) >= 11 is 0. The predicted molar refractivity (Wildman–Crippen MR) is 105 cm³/mol. The van der Waals surface area contributed by atoms with Gasteiger partial charge in [-0.1, -0.05) is 19.6 Å². The van der Waals surface area contributed by atoms with E-state index < -0.39 is 13.7 Å². The van der Waals surface area contributed by atoms with E-state index in [1.54, 1.807) is 0 Å². The Hall–Kier alpha value is -1.04. The molecule has 142 valence electrons. The summed E-state index contributed by atoms with van der Waals surface area (Å²) in [6.45, 7) is 16.3. The van der Waals surface area contributed by atoms with Crippen LogP contribution in [-0.2, 0) is 11.2 Å². The van der Waals surface area contributed by atoms with E-state index in [4.69, 9.17) is 14.2 Å². The SMILES string of the molecule is Cc1c(C)c2c(c(C)c1OCOCC[Si](C)(C)C)CCC(C)(CO)O2. The minimum absolute atomic E-state index is 0.0349. The van der Waals surface area contributed by atoms with E-state index >= 15 is 0 Å². The molecule has 0 spiro atoms. The van der Waals surface area contributed by atoms with Crippen LogP contribution in [0.3, 0.4) is 0 Å². The number of fused-ring (bicyclic) bond motifs is 1. The molecule has 0 radical (unpaired) electrons. The molecular weight excluding hydrogens is 332 g/mol. The van der Waals surface area contributed by atoms with Gasteiger partial charge in [0.2, 0.25) is 0 Å². The highest BCUT2D eigenvalue weighted by Gasteiger charge is 2.34. The fourth-order valence-corrected chi connectivity index (χ4v) is 3.90. The number of ether oxygens (including phenoxy) is 3. The molecule has 4 nitrogen and oxygen atoms in total. The second-order valence-electron chi connectivity index (χ2n) is 8.70. The van der Waals surface area contributed by atoms with Crippen molar-refractivity contribution in [2.45, 2.75) is 71.8 Å². The van der Waals surface area contributed by atoms with Gasteiger partial charge in [-0.05, 0) is 63.3 Å². The zero-order chi connectivity index (χ0) is 18.8. The number of rotatable bonds is 7. The van der Waals surface area contributed by atoms with Gasteiger partial charge in [0.1, 0.15) is 17.1 Å². The van der Waals surface area contributed by atoms with E-state index in [1.807, 2.05) is 6.92 Å². The van der Waals surface area contributed by atoms with E-state index in [-0.39, 0.29) is 6.61 Å². The zero-order valence-corrected chi connectivity index (χ0v) is 17.9. The average Bonchev–Trinajstić information content (AvgIpc) is 2.54. The minimum atomic E-state index is -1.07. The standard InChI is InChI=1S/C20H34O4Si/c1-14-15(2)19-17(8-9-20(4,12-21)24-19)16(3)18(14)23-13-22-10-11-25(5,6)7/h21H,8-13H2,1-7H3. The quantitative estimate of drug-likeness (QED) is 0.442. The topological polar surface area (TPSA) is 47.9 Å². The van der Waals surface area contributed by atoms with Crippen LogP contribution in [0.5, 0.6) is 11.5 Å². The Bertz CT molecular complexity index is 621. The molecule has 0 saturated heterocycles. The van der Waals surface area contributed by atoms with Crippen LogP contribution in [0.2, 0.25) is 25.7 Å². The van der Waals surface area contributed by atoms with Gasteiger partial charge in [-0.15, -0.1) is 0 Å². The Balaban J connectivity index is 2.12. The summed E-state index contributed by atoms with van der Waals surface area (Å²) in [4.78, 5) is 0. The van der Waals surface area contributed by atoms with Crippen LogP contribution in [0.25, 0.3) is 0 Å². The molecule has 1 atom stereocenters. The summed E-state index contributed by atoms with van der Waals surface area (Å²) in [6.07, 6.45) is 1.71. The van der Waals surface area contributed by atoms with Crippen molar-refractivity contribution >= 4 is 8.07 Å². The van der Waals surface area contributed by atoms with Gasteiger partial charge in [0.05, 0.1) is 6.61 Å². The third kappa shape index (κ3) is 4.77. The monoisotopic (exact) mass is 366 g/mol. The number of benzene rings is 1. The number of aliphatic hydroxyl groups excluding tert-OH is 1. The molecule has 1 aliphatic rings. The molecule has 1 aromatic carbocycles. The Morgan fingerprint density at radius 2 is 1.80 bits per heavy atom. The van der Waals surface area contributed by atoms with Gasteiger partial charge in [-0.3, -0.25) is 0 Å². The van der Waals surface area contributed by atoms with E-state index in [0.717, 1.165) is 53.7 Å². The molecule has 1 aliphatic heterocycles. The van der Waals surface area contributed by atoms with Crippen molar-refractivity contribution in [2.75, 3.05) is 20.0 Å². The molecule has 5 heteroatoms. The van der Waals surface area contributed by atoms with E-state index in [9.17, 15) is 5.11 Å². The van der Waals surface area contributed by atoms with Gasteiger partial charge in [0, 0.05) is 20.2 Å². The summed E-state index contributed by atoms with van der Waals surface area (Å²) in [6, 6.07) is 1.14. The normalized spacial score (nSPS) is 20.2. The largest absolute Gasteiger partial charge is 0.485 e. The van der Waals surface area contributed by atoms with Crippen molar-refractivity contribution in [3.8, 4) is 11.5 Å². The van der Waals surface area contributed by atoms with Gasteiger partial charge in [0.15, 0.2) is 6.79 Å². The molecular formula is C20H34O4Si. The number of hydrogen-bond acceptors (Lipinski definition) is 4. The first-order valence-corrected chi connectivity index (χ1v) is 12.9. The van der Waals surface area contributed by atoms with Crippen LogP contribution in [0.1, 0.15) is 35.6 Å². The second kappa shape index (κ2) is 7.68. The number of aliphatic hydroxyl groups is 1. The van der Waals surface area contributed by atoms with Crippen molar-refractivity contribution in [1.82, 2.24) is 0 Å². The maximum Gasteiger partial charge on any atom is 0.189 e. The highest BCUT2D eigenvalue weighted by Crippen LogP contribution is 2.43. The van der Waals surface area contributed by atoms with E-state index in [0.29, 0.717) is 6.79 Å². The van der Waals surface area contributed by atoms with Gasteiger partial charge in [-0.2, -0.15) is 0 Å². The van der Waals surface area contributed by atoms with Crippen LogP contribution in [-0.4, -0.2) is 38.8 Å². The van der Waals surface area contributed by atoms with Crippen LogP contribution >= 0.6 is 0 Å². The maximum absolute atomic E-state index is 9.62. The predicted octanol–water partition coefficient (Wildman–Crippen LogP) is 4.38. The molecule has 0 amide bonds. The van der Waals surface area contributed by atoms with Gasteiger partial charge >= 0.3 is 0 Å². The second-order valence-corrected chi connectivity index (χ2v) is 14.3. The van der Waals surface area contributed by atoms with E-state index in [1.165, 1.54) is 5.56 Å². The molecule has 1 aromatic rings. The maximum atomic E-state index is 9.62. The summed E-state index contributed by atoms with van der Waals surface area (Å²) in [5, 5.41) is 9.62. The Morgan fingerprint density at radius 1 is 1.12 bits per heavy atom. The highest BCUT2D eigenvalue weighted by atomic mass is 28.3. The first kappa shape index (κ1) is 20.3. The minimum Gasteiger partial charge on any atom is -0.485 e. The highest BCUT2D eigenvalue weighted by molar-refractivity contribution is 6.76. The Labute approximate surface area is 153 Å². The van der Waals surface area contributed by atoms with Crippen molar-refractivity contribution in [3.05, 3.63) is 22.3 Å². The Kier molecular flexibility index (Phi) is 6.23. The van der Waals surface area contributed by atoms with Crippen molar-refractivity contribution in [3.63, 3.8) is 0 Å². The summed E-state index contributed by atoms with van der Waals surface area (Å²) < 4.78 is 17.9. The molecule has 1 N–H and O–H groups in total. The fourth-order valence-electron chi connectivity index (χ4n) is 3.15. The van der Waals surface area contributed by atoms with Gasteiger partial charge < -0.3 is 19.3 Å². The third-order valence-electron chi connectivity index (χ3n) is 5.18. The fraction of sp³-hybridized carbons (Fsp3) is 0.700. The average molecular weight is 367 g/mol. The first-order chi connectivity index (χ1) is 11.6. The van der Waals surface area contributed by atoms with E-state index in [2.05, 4.69) is 40.4 Å². The van der Waals surface area contributed by atoms with Crippen LogP contribution in [0, 0.1) is 20.8 Å². The molecule has 0 aliphatic carbocycles. The lowest BCUT2D eigenvalue weighted by Crippen LogP contribution is -2.40. The van der Waals surface area contributed by atoms with Crippen molar-refractivity contribution in [2.24, 2.45) is 0 Å². The lowest BCUT2D eigenvalue weighted by atomic mass is 9.87. The Morgan fingerprint density at radius 3 is 2.40 bits per heavy atom. The molecule has 1 heterocycles. The molecule has 2 rings (SSSR count). The molecule has 0 fully saturated rings. The first-order valence-electron chi connectivity index (χ1n) is 9.21. The molecule has 1 unspecified atom stereocenters. The number of hydrogen-bond donors (Lipinski definition) is 1. The summed E-state index contributed by atoms with van der Waals surface area (Å²) in [5.74, 6) is 1.84. The van der Waals surface area contributed by atoms with Crippen LogP contribution in [0.4, 0.5) is 0 Å². The molecule has 0 aromatic heterocycles. The molecule has 25 heavy (non-hydrogen) atoms. The molecule has 0 bridgehead atoms. The third-order valence-corrected chi connectivity index (χ3v) is 6.88. The van der Waals surface area contributed by atoms with Crippen molar-refractivity contribution < 1.29 is 19.3 Å². The van der Waals surface area contributed by atoms with Gasteiger partial charge in [0.25, 0.3) is 0 Å². The zero-order valence-electron chi connectivity index (χ0n) is 16.9. The van der Waals surface area contributed by atoms with Crippen LogP contribution in [0.15, 0.2) is 0 Å². The lowest BCUT2D eigenvalue weighted by molar-refractivity contribution is 0.00603. The lowest BCUT2D eigenvalue weighted by Gasteiger charge is -2.37. The smallest absolute Gasteiger partial charge is 0.189 e. The van der Waals surface area contributed by atoms with Crippen molar-refractivity contribution in [1.29, 1.82) is 0 Å². The summed E-state index contributed by atoms with van der Waals surface area (Å²) in [7, 11) is -1.07.